The van der Waals surface area contributed by atoms with Gasteiger partial charge in [0.1, 0.15) is 19.0 Å². The topological polar surface area (TPSA) is 74.6 Å². The number of anilines is 1. The number of aromatic nitrogens is 2. The van der Waals surface area contributed by atoms with Crippen molar-refractivity contribution in [1.29, 1.82) is 0 Å². The molecule has 0 radical (unpaired) electrons. The Hall–Kier alpha value is -3.48. The normalized spacial score (nSPS) is 13.0. The van der Waals surface area contributed by atoms with Gasteiger partial charge in [-0.05, 0) is 17.7 Å². The van der Waals surface area contributed by atoms with Crippen LogP contribution >= 0.6 is 0 Å². The van der Waals surface area contributed by atoms with Crippen LogP contribution in [0.3, 0.4) is 0 Å². The fourth-order valence-corrected chi connectivity index (χ4v) is 3.35. The second-order valence-corrected chi connectivity index (χ2v) is 8.46. The lowest BCUT2D eigenvalue weighted by Gasteiger charge is -2.21. The molecular weight excluding hydrogens is 394 g/mol. The van der Waals surface area contributed by atoms with E-state index >= 15 is 0 Å². The van der Waals surface area contributed by atoms with Gasteiger partial charge in [0, 0.05) is 17.0 Å². The zero-order valence-electron chi connectivity index (χ0n) is 18.3. The van der Waals surface area contributed by atoms with E-state index in [4.69, 9.17) is 19.3 Å². The molecule has 1 N–H and O–H groups in total. The van der Waals surface area contributed by atoms with Crippen molar-refractivity contribution in [1.82, 2.24) is 9.78 Å². The van der Waals surface area contributed by atoms with Crippen LogP contribution in [0.5, 0.6) is 17.2 Å². The van der Waals surface area contributed by atoms with E-state index in [0.29, 0.717) is 48.4 Å². The number of fused-ring (bicyclic) bond motifs is 1. The highest BCUT2D eigenvalue weighted by molar-refractivity contribution is 6.04. The molecule has 1 aliphatic heterocycles. The van der Waals surface area contributed by atoms with Crippen molar-refractivity contribution in [3.63, 3.8) is 0 Å². The van der Waals surface area contributed by atoms with Crippen LogP contribution in [0.25, 0.3) is 0 Å². The van der Waals surface area contributed by atoms with Gasteiger partial charge in [-0.2, -0.15) is 5.10 Å². The van der Waals surface area contributed by atoms with Gasteiger partial charge in [0.2, 0.25) is 5.75 Å². The largest absolute Gasteiger partial charge is 0.493 e. The van der Waals surface area contributed by atoms with E-state index in [2.05, 4.69) is 26.1 Å². The molecule has 0 saturated carbocycles. The first-order valence-corrected chi connectivity index (χ1v) is 10.3. The lowest BCUT2D eigenvalue weighted by atomic mass is 9.92. The average molecular weight is 421 g/mol. The summed E-state index contributed by atoms with van der Waals surface area (Å²) in [5, 5.41) is 7.77. The number of hydrogen-bond acceptors (Lipinski definition) is 5. The predicted octanol–water partition coefficient (Wildman–Crippen LogP) is 4.26. The average Bonchev–Trinajstić information content (AvgIpc) is 3.16. The van der Waals surface area contributed by atoms with Crippen molar-refractivity contribution < 1.29 is 19.0 Å². The lowest BCUT2D eigenvalue weighted by molar-refractivity contribution is 0.102. The van der Waals surface area contributed by atoms with E-state index in [1.165, 1.54) is 0 Å². The van der Waals surface area contributed by atoms with E-state index in [-0.39, 0.29) is 11.3 Å². The molecule has 1 aromatic heterocycles. The van der Waals surface area contributed by atoms with Gasteiger partial charge < -0.3 is 19.5 Å². The molecule has 0 atom stereocenters. The van der Waals surface area contributed by atoms with E-state index < -0.39 is 0 Å². The second kappa shape index (κ2) is 8.34. The predicted molar refractivity (Wildman–Crippen MR) is 118 cm³/mol. The number of amides is 1. The molecule has 162 valence electrons. The van der Waals surface area contributed by atoms with E-state index in [1.807, 2.05) is 41.1 Å². The highest BCUT2D eigenvalue weighted by atomic mass is 16.6. The molecule has 0 unspecified atom stereocenters. The summed E-state index contributed by atoms with van der Waals surface area (Å²) in [6, 6.07) is 15.3. The van der Waals surface area contributed by atoms with E-state index in [1.54, 1.807) is 19.2 Å². The summed E-state index contributed by atoms with van der Waals surface area (Å²) in [5.41, 5.74) is 2.27. The van der Waals surface area contributed by atoms with Crippen LogP contribution < -0.4 is 19.5 Å². The maximum atomic E-state index is 13.1. The number of nitrogens with one attached hydrogen (secondary N) is 1. The number of hydrogen-bond donors (Lipinski definition) is 1. The zero-order chi connectivity index (χ0) is 22.0. The Balaban J connectivity index is 1.65. The Morgan fingerprint density at radius 2 is 1.87 bits per heavy atom. The fraction of sp³-hybridized carbons (Fsp3) is 0.333. The molecular formula is C24H27N3O4. The number of methoxy groups -OCH3 is 1. The van der Waals surface area contributed by atoms with Crippen molar-refractivity contribution in [3.05, 3.63) is 65.4 Å². The molecule has 7 heteroatoms. The Morgan fingerprint density at radius 1 is 1.13 bits per heavy atom. The second-order valence-electron chi connectivity index (χ2n) is 8.46. The molecule has 1 aliphatic rings. The molecule has 0 aliphatic carbocycles. The molecule has 7 nitrogen and oxygen atoms in total. The highest BCUT2D eigenvalue weighted by Gasteiger charge is 2.24. The van der Waals surface area contributed by atoms with Crippen molar-refractivity contribution in [2.45, 2.75) is 32.7 Å². The van der Waals surface area contributed by atoms with Crippen LogP contribution in [0.4, 0.5) is 5.82 Å². The van der Waals surface area contributed by atoms with Crippen molar-refractivity contribution in [2.75, 3.05) is 25.6 Å². The summed E-state index contributed by atoms with van der Waals surface area (Å²) in [6.07, 6.45) is 0. The standard InChI is InChI=1S/C24H27N3O4/c1-24(2,3)20-14-21(27(26-20)15-16-8-6-5-7-9-16)25-23(28)17-12-18(29-4)22-19(13-17)30-10-11-31-22/h5-9,12-14H,10-11,15H2,1-4H3,(H,25,28). The van der Waals surface area contributed by atoms with Crippen LogP contribution in [0.2, 0.25) is 0 Å². The number of rotatable bonds is 5. The van der Waals surface area contributed by atoms with Crippen LogP contribution in [-0.4, -0.2) is 36.0 Å². The Kier molecular flexibility index (Phi) is 5.59. The monoisotopic (exact) mass is 421 g/mol. The zero-order valence-corrected chi connectivity index (χ0v) is 18.3. The summed E-state index contributed by atoms with van der Waals surface area (Å²) < 4.78 is 18.5. The minimum Gasteiger partial charge on any atom is -0.493 e. The summed E-state index contributed by atoms with van der Waals surface area (Å²) in [4.78, 5) is 13.1. The molecule has 2 heterocycles. The van der Waals surface area contributed by atoms with E-state index in [0.717, 1.165) is 11.3 Å². The summed E-state index contributed by atoms with van der Waals surface area (Å²) in [6.45, 7) is 7.72. The first-order chi connectivity index (χ1) is 14.8. The molecule has 0 fully saturated rings. The quantitative estimate of drug-likeness (QED) is 0.666. The van der Waals surface area contributed by atoms with Gasteiger partial charge >= 0.3 is 0 Å². The highest BCUT2D eigenvalue weighted by Crippen LogP contribution is 2.40. The van der Waals surface area contributed by atoms with Crippen LogP contribution in [0.1, 0.15) is 42.4 Å². The fourth-order valence-electron chi connectivity index (χ4n) is 3.35. The molecule has 3 aromatic rings. The van der Waals surface area contributed by atoms with Crippen LogP contribution in [-0.2, 0) is 12.0 Å². The number of carbonyl (C=O) groups is 1. The number of carbonyl (C=O) groups excluding carboxylic acids is 1. The first-order valence-electron chi connectivity index (χ1n) is 10.3. The SMILES string of the molecule is COc1cc(C(=O)Nc2cc(C(C)(C)C)nn2Cc2ccccc2)cc2c1OCCO2. The maximum Gasteiger partial charge on any atom is 0.257 e. The van der Waals surface area contributed by atoms with Gasteiger partial charge in [0.05, 0.1) is 19.3 Å². The van der Waals surface area contributed by atoms with Gasteiger partial charge in [0.15, 0.2) is 11.5 Å². The third kappa shape index (κ3) is 4.50. The van der Waals surface area contributed by atoms with Crippen molar-refractivity contribution in [2.24, 2.45) is 0 Å². The van der Waals surface area contributed by atoms with Gasteiger partial charge in [0.25, 0.3) is 5.91 Å². The molecule has 0 saturated heterocycles. The summed E-state index contributed by atoms with van der Waals surface area (Å²) in [7, 11) is 1.54. The first kappa shape index (κ1) is 20.8. The minimum atomic E-state index is -0.273. The lowest BCUT2D eigenvalue weighted by Crippen LogP contribution is -2.19. The third-order valence-corrected chi connectivity index (χ3v) is 5.06. The molecule has 1 amide bonds. The molecule has 31 heavy (non-hydrogen) atoms. The van der Waals surface area contributed by atoms with Crippen LogP contribution in [0, 0.1) is 0 Å². The van der Waals surface area contributed by atoms with Gasteiger partial charge in [-0.1, -0.05) is 51.1 Å². The van der Waals surface area contributed by atoms with Crippen molar-refractivity contribution >= 4 is 11.7 Å². The van der Waals surface area contributed by atoms with Crippen molar-refractivity contribution in [3.8, 4) is 17.2 Å². The Labute approximate surface area is 181 Å². The molecule has 2 aromatic carbocycles. The molecule has 4 rings (SSSR count). The minimum absolute atomic E-state index is 0.151. The third-order valence-electron chi connectivity index (χ3n) is 5.06. The summed E-state index contributed by atoms with van der Waals surface area (Å²) in [5.74, 6) is 1.85. The number of benzene rings is 2. The van der Waals surface area contributed by atoms with Gasteiger partial charge in [-0.25, -0.2) is 4.68 Å². The maximum absolute atomic E-state index is 13.1. The number of nitrogens with zero attached hydrogens (tertiary/aromatic N) is 2. The number of ether oxygens (including phenoxy) is 3. The van der Waals surface area contributed by atoms with Gasteiger partial charge in [-0.3, -0.25) is 4.79 Å². The molecule has 0 bridgehead atoms. The molecule has 0 spiro atoms. The van der Waals surface area contributed by atoms with Crippen LogP contribution in [0.15, 0.2) is 48.5 Å². The smallest absolute Gasteiger partial charge is 0.257 e. The Morgan fingerprint density at radius 3 is 2.58 bits per heavy atom. The Bertz CT molecular complexity index is 1070. The van der Waals surface area contributed by atoms with Gasteiger partial charge in [-0.15, -0.1) is 0 Å². The summed E-state index contributed by atoms with van der Waals surface area (Å²) >= 11 is 0. The van der Waals surface area contributed by atoms with E-state index in [9.17, 15) is 4.79 Å².